The van der Waals surface area contributed by atoms with E-state index in [1.54, 1.807) is 30.3 Å². The van der Waals surface area contributed by atoms with Crippen molar-refractivity contribution < 1.29 is 14.1 Å². The Balaban J connectivity index is 1.54. The van der Waals surface area contributed by atoms with Crippen LogP contribution in [0.25, 0.3) is 6.08 Å². The summed E-state index contributed by atoms with van der Waals surface area (Å²) in [5, 5.41) is 12.3. The highest BCUT2D eigenvalue weighted by molar-refractivity contribution is 8.27. The maximum absolute atomic E-state index is 12.9. The van der Waals surface area contributed by atoms with Crippen molar-refractivity contribution in [3.63, 3.8) is 0 Å². The number of thiocarbonyl (C=S) groups is 1. The average Bonchev–Trinajstić information content (AvgIpc) is 3.27. The second-order valence-corrected chi connectivity index (χ2v) is 9.20. The third-order valence-corrected chi connectivity index (χ3v) is 6.48. The predicted octanol–water partition coefficient (Wildman–Crippen LogP) is 6.40. The molecule has 0 aliphatic carbocycles. The molecule has 0 spiro atoms. The Kier molecular flexibility index (Phi) is 5.96. The minimum atomic E-state index is -0.514. The maximum Gasteiger partial charge on any atom is 0.271 e. The van der Waals surface area contributed by atoms with E-state index < -0.39 is 4.92 Å². The van der Waals surface area contributed by atoms with Crippen LogP contribution >= 0.6 is 47.3 Å². The van der Waals surface area contributed by atoms with E-state index >= 15 is 0 Å². The number of rotatable bonds is 5. The fraction of sp³-hybridized carbons (Fsp3) is 0. The van der Waals surface area contributed by atoms with E-state index in [0.29, 0.717) is 30.8 Å². The van der Waals surface area contributed by atoms with Crippen LogP contribution in [0.15, 0.2) is 80.0 Å². The van der Waals surface area contributed by atoms with Gasteiger partial charge in [-0.1, -0.05) is 53.4 Å². The second kappa shape index (κ2) is 8.65. The SMILES string of the molecule is O=C1/C(=C\c2ccc(Sc3ccc(Cl)cc3)o2)SC(=S)N1c1cccc([N+](=O)[O-])c1. The number of hydrogen-bond acceptors (Lipinski definition) is 7. The van der Waals surface area contributed by atoms with Crippen molar-refractivity contribution in [2.24, 2.45) is 0 Å². The normalized spacial score (nSPS) is 15.2. The van der Waals surface area contributed by atoms with E-state index in [9.17, 15) is 14.9 Å². The van der Waals surface area contributed by atoms with Gasteiger partial charge in [0.25, 0.3) is 11.6 Å². The van der Waals surface area contributed by atoms with Crippen molar-refractivity contribution in [2.75, 3.05) is 4.90 Å². The summed E-state index contributed by atoms with van der Waals surface area (Å²) in [6.07, 6.45) is 1.61. The Labute approximate surface area is 190 Å². The number of carbonyl (C=O) groups excluding carboxylic acids is 1. The number of anilines is 1. The maximum atomic E-state index is 12.9. The van der Waals surface area contributed by atoms with Gasteiger partial charge >= 0.3 is 0 Å². The lowest BCUT2D eigenvalue weighted by Gasteiger charge is -2.13. The minimum absolute atomic E-state index is 0.111. The van der Waals surface area contributed by atoms with E-state index in [-0.39, 0.29) is 11.6 Å². The largest absolute Gasteiger partial charge is 0.450 e. The molecule has 1 saturated heterocycles. The molecule has 0 N–H and O–H groups in total. The van der Waals surface area contributed by atoms with Crippen molar-refractivity contribution in [1.29, 1.82) is 0 Å². The number of nitrogens with zero attached hydrogens (tertiary/aromatic N) is 2. The standard InChI is InChI=1S/C20H11ClN2O4S3/c21-12-4-7-16(8-5-12)29-18-9-6-15(27-18)11-17-19(24)22(20(28)30-17)13-2-1-3-14(10-13)23(25)26/h1-11H/b17-11+. The topological polar surface area (TPSA) is 76.6 Å². The Hall–Kier alpha value is -2.59. The van der Waals surface area contributed by atoms with E-state index in [1.165, 1.54) is 34.9 Å². The zero-order valence-corrected chi connectivity index (χ0v) is 18.2. The first-order chi connectivity index (χ1) is 14.4. The lowest BCUT2D eigenvalue weighted by atomic mass is 10.2. The summed E-state index contributed by atoms with van der Waals surface area (Å²) in [4.78, 5) is 26.0. The van der Waals surface area contributed by atoms with Crippen molar-refractivity contribution in [3.05, 3.63) is 86.5 Å². The monoisotopic (exact) mass is 474 g/mol. The summed E-state index contributed by atoms with van der Waals surface area (Å²) in [6.45, 7) is 0. The molecule has 0 unspecified atom stereocenters. The number of carbonyl (C=O) groups is 1. The third kappa shape index (κ3) is 4.44. The highest BCUT2D eigenvalue weighted by atomic mass is 35.5. The van der Waals surface area contributed by atoms with Crippen LogP contribution in [0.1, 0.15) is 5.76 Å². The Morgan fingerprint density at radius 1 is 1.17 bits per heavy atom. The number of nitro groups is 1. The molecule has 0 radical (unpaired) electrons. The van der Waals surface area contributed by atoms with Gasteiger partial charge in [-0.3, -0.25) is 19.8 Å². The highest BCUT2D eigenvalue weighted by Gasteiger charge is 2.34. The van der Waals surface area contributed by atoms with Crippen LogP contribution < -0.4 is 4.90 Å². The van der Waals surface area contributed by atoms with Gasteiger partial charge in [0.05, 0.1) is 15.5 Å². The number of amides is 1. The van der Waals surface area contributed by atoms with E-state index in [2.05, 4.69) is 0 Å². The van der Waals surface area contributed by atoms with Gasteiger partial charge in [-0.25, -0.2) is 0 Å². The van der Waals surface area contributed by atoms with Crippen LogP contribution in [0.2, 0.25) is 5.02 Å². The van der Waals surface area contributed by atoms with Crippen LogP contribution in [0.3, 0.4) is 0 Å². The van der Waals surface area contributed by atoms with Gasteiger partial charge in [-0.2, -0.15) is 0 Å². The Bertz CT molecular complexity index is 1190. The van der Waals surface area contributed by atoms with Crippen molar-refractivity contribution in [2.45, 2.75) is 9.99 Å². The van der Waals surface area contributed by atoms with E-state index in [0.717, 1.165) is 16.7 Å². The van der Waals surface area contributed by atoms with Crippen molar-refractivity contribution in [3.8, 4) is 0 Å². The highest BCUT2D eigenvalue weighted by Crippen LogP contribution is 2.38. The molecule has 3 aromatic rings. The summed E-state index contributed by atoms with van der Waals surface area (Å²) >= 11 is 13.8. The molecule has 1 aliphatic rings. The van der Waals surface area contributed by atoms with Crippen LogP contribution in [-0.2, 0) is 4.79 Å². The van der Waals surface area contributed by atoms with Gasteiger partial charge in [-0.15, -0.1) is 0 Å². The lowest BCUT2D eigenvalue weighted by Crippen LogP contribution is -2.27. The molecule has 10 heteroatoms. The number of hydrogen-bond donors (Lipinski definition) is 0. The van der Waals surface area contributed by atoms with Gasteiger partial charge < -0.3 is 4.42 Å². The first kappa shape index (κ1) is 20.7. The van der Waals surface area contributed by atoms with Crippen molar-refractivity contribution >= 4 is 75.0 Å². The van der Waals surface area contributed by atoms with Crippen LogP contribution in [0.4, 0.5) is 11.4 Å². The molecule has 0 saturated carbocycles. The Morgan fingerprint density at radius 2 is 1.93 bits per heavy atom. The molecule has 150 valence electrons. The molecule has 1 aliphatic heterocycles. The quantitative estimate of drug-likeness (QED) is 0.183. The summed E-state index contributed by atoms with van der Waals surface area (Å²) in [5.74, 6) is 0.153. The molecule has 2 aromatic carbocycles. The lowest BCUT2D eigenvalue weighted by molar-refractivity contribution is -0.384. The van der Waals surface area contributed by atoms with Crippen LogP contribution in [-0.4, -0.2) is 15.2 Å². The fourth-order valence-electron chi connectivity index (χ4n) is 2.65. The molecular weight excluding hydrogens is 464 g/mol. The molecule has 0 bridgehead atoms. The molecular formula is C20H11ClN2O4S3. The van der Waals surface area contributed by atoms with Crippen molar-refractivity contribution in [1.82, 2.24) is 0 Å². The molecule has 0 atom stereocenters. The van der Waals surface area contributed by atoms with Gasteiger partial charge in [0, 0.05) is 28.1 Å². The van der Waals surface area contributed by atoms with E-state index in [1.807, 2.05) is 18.2 Å². The average molecular weight is 475 g/mol. The Morgan fingerprint density at radius 3 is 2.67 bits per heavy atom. The molecule has 6 nitrogen and oxygen atoms in total. The van der Waals surface area contributed by atoms with Gasteiger partial charge in [0.2, 0.25) is 0 Å². The number of non-ortho nitro benzene ring substituents is 1. The summed E-state index contributed by atoms with van der Waals surface area (Å²) in [5.41, 5.74) is 0.244. The zero-order valence-electron chi connectivity index (χ0n) is 15.0. The molecule has 1 amide bonds. The molecule has 1 fully saturated rings. The van der Waals surface area contributed by atoms with Gasteiger partial charge in [0.1, 0.15) is 5.76 Å². The van der Waals surface area contributed by atoms with Crippen LogP contribution in [0, 0.1) is 10.1 Å². The summed E-state index contributed by atoms with van der Waals surface area (Å²) < 4.78 is 6.09. The second-order valence-electron chi connectivity index (χ2n) is 6.01. The number of furan rings is 1. The zero-order chi connectivity index (χ0) is 21.3. The first-order valence-corrected chi connectivity index (χ1v) is 10.9. The summed E-state index contributed by atoms with van der Waals surface area (Å²) in [7, 11) is 0. The van der Waals surface area contributed by atoms with Crippen LogP contribution in [0.5, 0.6) is 0 Å². The number of thioether (sulfide) groups is 1. The predicted molar refractivity (Wildman–Crippen MR) is 123 cm³/mol. The number of halogens is 1. The molecule has 4 rings (SSSR count). The van der Waals surface area contributed by atoms with Gasteiger partial charge in [-0.05, 0) is 42.5 Å². The number of nitro benzene ring substituents is 1. The molecule has 30 heavy (non-hydrogen) atoms. The summed E-state index contributed by atoms with van der Waals surface area (Å²) in [6, 6.07) is 16.8. The van der Waals surface area contributed by atoms with Gasteiger partial charge in [0.15, 0.2) is 9.41 Å². The smallest absolute Gasteiger partial charge is 0.271 e. The third-order valence-electron chi connectivity index (χ3n) is 4.00. The minimum Gasteiger partial charge on any atom is -0.450 e. The molecule has 2 heterocycles. The number of benzene rings is 2. The van der Waals surface area contributed by atoms with E-state index in [4.69, 9.17) is 28.2 Å². The fourth-order valence-corrected chi connectivity index (χ4v) is 4.83. The molecule has 1 aromatic heterocycles. The first-order valence-electron chi connectivity index (χ1n) is 8.46.